The lowest BCUT2D eigenvalue weighted by atomic mass is 10.2. The zero-order chi connectivity index (χ0) is 13.8. The normalized spacial score (nSPS) is 15.0. The van der Waals surface area contributed by atoms with E-state index < -0.39 is 0 Å². The van der Waals surface area contributed by atoms with Gasteiger partial charge in [-0.1, -0.05) is 13.8 Å². The van der Waals surface area contributed by atoms with Crippen LogP contribution < -0.4 is 0 Å². The quantitative estimate of drug-likeness (QED) is 0.739. The van der Waals surface area contributed by atoms with Crippen molar-refractivity contribution in [3.63, 3.8) is 0 Å². The van der Waals surface area contributed by atoms with E-state index in [1.165, 1.54) is 20.0 Å². The molecule has 0 N–H and O–H groups in total. The summed E-state index contributed by atoms with van der Waals surface area (Å²) in [7, 11) is 1.38. The van der Waals surface area contributed by atoms with Crippen molar-refractivity contribution in [2.24, 2.45) is 5.92 Å². The highest BCUT2D eigenvalue weighted by molar-refractivity contribution is 5.88. The summed E-state index contributed by atoms with van der Waals surface area (Å²) in [5.74, 6) is 0.329. The third-order valence-corrected chi connectivity index (χ3v) is 3.27. The van der Waals surface area contributed by atoms with Crippen LogP contribution in [-0.2, 0) is 11.3 Å². The highest BCUT2D eigenvalue weighted by Gasteiger charge is 2.29. The Labute approximate surface area is 114 Å². The summed E-state index contributed by atoms with van der Waals surface area (Å²) < 4.78 is 4.67. The van der Waals surface area contributed by atoms with Gasteiger partial charge in [0.05, 0.1) is 18.4 Å². The molecule has 0 spiro atoms. The number of carbonyl (C=O) groups is 1. The summed E-state index contributed by atoms with van der Waals surface area (Å²) in [6.45, 7) is 6.45. The number of methoxy groups -OCH3 is 1. The van der Waals surface area contributed by atoms with E-state index in [2.05, 4.69) is 28.5 Å². The number of aromatic nitrogens is 1. The molecular weight excluding hydrogens is 240 g/mol. The van der Waals surface area contributed by atoms with Crippen LogP contribution in [0.25, 0.3) is 0 Å². The molecule has 2 rings (SSSR count). The number of ether oxygens (including phenoxy) is 1. The van der Waals surface area contributed by atoms with Crippen molar-refractivity contribution in [3.8, 4) is 0 Å². The van der Waals surface area contributed by atoms with Crippen molar-refractivity contribution in [3.05, 3.63) is 29.6 Å². The molecular formula is C15H22N2O2. The Kier molecular flexibility index (Phi) is 4.53. The van der Waals surface area contributed by atoms with Gasteiger partial charge < -0.3 is 4.74 Å². The zero-order valence-electron chi connectivity index (χ0n) is 11.9. The summed E-state index contributed by atoms with van der Waals surface area (Å²) in [5, 5.41) is 0. The molecule has 4 nitrogen and oxygen atoms in total. The Morgan fingerprint density at radius 2 is 2.21 bits per heavy atom. The largest absolute Gasteiger partial charge is 0.465 e. The number of rotatable bonds is 6. The van der Waals surface area contributed by atoms with Crippen LogP contribution in [0, 0.1) is 5.92 Å². The first-order chi connectivity index (χ1) is 9.10. The van der Waals surface area contributed by atoms with Crippen LogP contribution in [0.15, 0.2) is 18.3 Å². The molecule has 0 aliphatic heterocycles. The molecule has 19 heavy (non-hydrogen) atoms. The van der Waals surface area contributed by atoms with Crippen molar-refractivity contribution in [2.45, 2.75) is 39.3 Å². The van der Waals surface area contributed by atoms with E-state index in [0.29, 0.717) is 11.5 Å². The first kappa shape index (κ1) is 14.0. The molecule has 0 unspecified atom stereocenters. The van der Waals surface area contributed by atoms with Crippen molar-refractivity contribution >= 4 is 5.97 Å². The molecule has 1 aromatic heterocycles. The van der Waals surface area contributed by atoms with Crippen LogP contribution in [0.5, 0.6) is 0 Å². The highest BCUT2D eigenvalue weighted by Crippen LogP contribution is 2.28. The fourth-order valence-corrected chi connectivity index (χ4v) is 2.22. The standard InChI is InChI=1S/C15H22N2O2/c1-11(2)9-17(14-6-7-14)10-13-5-4-12(8-16-13)15(18)19-3/h4-5,8,11,14H,6-7,9-10H2,1-3H3. The predicted molar refractivity (Wildman–Crippen MR) is 73.8 cm³/mol. The molecule has 1 aliphatic carbocycles. The topological polar surface area (TPSA) is 42.4 Å². The molecule has 0 radical (unpaired) electrons. The Bertz CT molecular complexity index is 424. The Balaban J connectivity index is 1.99. The van der Waals surface area contributed by atoms with E-state index in [1.807, 2.05) is 6.07 Å². The number of esters is 1. The average Bonchev–Trinajstić information content (AvgIpc) is 3.21. The summed E-state index contributed by atoms with van der Waals surface area (Å²) in [6, 6.07) is 4.43. The van der Waals surface area contributed by atoms with Crippen molar-refractivity contribution < 1.29 is 9.53 Å². The molecule has 0 amide bonds. The van der Waals surface area contributed by atoms with Crippen LogP contribution >= 0.6 is 0 Å². The number of hydrogen-bond acceptors (Lipinski definition) is 4. The maximum Gasteiger partial charge on any atom is 0.339 e. The first-order valence-electron chi connectivity index (χ1n) is 6.87. The van der Waals surface area contributed by atoms with Crippen LogP contribution in [0.1, 0.15) is 42.7 Å². The fraction of sp³-hybridized carbons (Fsp3) is 0.600. The van der Waals surface area contributed by atoms with Gasteiger partial charge in [-0.15, -0.1) is 0 Å². The number of pyridine rings is 1. The Hall–Kier alpha value is -1.42. The van der Waals surface area contributed by atoms with Gasteiger partial charge in [0, 0.05) is 25.3 Å². The van der Waals surface area contributed by atoms with Gasteiger partial charge in [-0.3, -0.25) is 9.88 Å². The summed E-state index contributed by atoms with van der Waals surface area (Å²) in [6.07, 6.45) is 4.20. The van der Waals surface area contributed by atoms with E-state index in [-0.39, 0.29) is 5.97 Å². The lowest BCUT2D eigenvalue weighted by molar-refractivity contribution is 0.0600. The molecule has 0 atom stereocenters. The van der Waals surface area contributed by atoms with Crippen molar-refractivity contribution in [2.75, 3.05) is 13.7 Å². The average molecular weight is 262 g/mol. The molecule has 4 heteroatoms. The third-order valence-electron chi connectivity index (χ3n) is 3.27. The molecule has 1 heterocycles. The lowest BCUT2D eigenvalue weighted by Gasteiger charge is -2.23. The lowest BCUT2D eigenvalue weighted by Crippen LogP contribution is -2.29. The maximum absolute atomic E-state index is 11.3. The summed E-state index contributed by atoms with van der Waals surface area (Å²) in [4.78, 5) is 18.2. The minimum Gasteiger partial charge on any atom is -0.465 e. The molecule has 1 saturated carbocycles. The van der Waals surface area contributed by atoms with Crippen molar-refractivity contribution in [1.82, 2.24) is 9.88 Å². The molecule has 104 valence electrons. The van der Waals surface area contributed by atoms with Gasteiger partial charge in [0.2, 0.25) is 0 Å². The molecule has 1 aromatic rings. The zero-order valence-corrected chi connectivity index (χ0v) is 11.9. The van der Waals surface area contributed by atoms with Gasteiger partial charge in [-0.05, 0) is 30.9 Å². The van der Waals surface area contributed by atoms with Gasteiger partial charge in [-0.2, -0.15) is 0 Å². The fourth-order valence-electron chi connectivity index (χ4n) is 2.22. The predicted octanol–water partition coefficient (Wildman–Crippen LogP) is 2.49. The minimum absolute atomic E-state index is 0.333. The van der Waals surface area contributed by atoms with E-state index >= 15 is 0 Å². The second kappa shape index (κ2) is 6.15. The molecule has 0 aromatic carbocycles. The van der Waals surface area contributed by atoms with E-state index in [0.717, 1.165) is 24.8 Å². The number of nitrogens with zero attached hydrogens (tertiary/aromatic N) is 2. The minimum atomic E-state index is -0.333. The third kappa shape index (κ3) is 4.03. The first-order valence-corrected chi connectivity index (χ1v) is 6.87. The van der Waals surface area contributed by atoms with Gasteiger partial charge in [-0.25, -0.2) is 4.79 Å². The van der Waals surface area contributed by atoms with E-state index in [9.17, 15) is 4.79 Å². The molecule has 1 fully saturated rings. The van der Waals surface area contributed by atoms with Crippen LogP contribution in [0.4, 0.5) is 0 Å². The summed E-state index contributed by atoms with van der Waals surface area (Å²) >= 11 is 0. The van der Waals surface area contributed by atoms with Crippen LogP contribution in [0.2, 0.25) is 0 Å². The summed E-state index contributed by atoms with van der Waals surface area (Å²) in [5.41, 5.74) is 1.52. The monoisotopic (exact) mass is 262 g/mol. The van der Waals surface area contributed by atoms with Gasteiger partial charge in [0.25, 0.3) is 0 Å². The molecule has 0 bridgehead atoms. The van der Waals surface area contributed by atoms with Crippen molar-refractivity contribution in [1.29, 1.82) is 0 Å². The van der Waals surface area contributed by atoms with Gasteiger partial charge in [0.1, 0.15) is 0 Å². The van der Waals surface area contributed by atoms with Gasteiger partial charge >= 0.3 is 5.97 Å². The smallest absolute Gasteiger partial charge is 0.339 e. The molecule has 1 aliphatic rings. The second-order valence-corrected chi connectivity index (χ2v) is 5.58. The van der Waals surface area contributed by atoms with Crippen LogP contribution in [0.3, 0.4) is 0 Å². The molecule has 0 saturated heterocycles. The Morgan fingerprint density at radius 1 is 1.47 bits per heavy atom. The maximum atomic E-state index is 11.3. The SMILES string of the molecule is COC(=O)c1ccc(CN(CC(C)C)C2CC2)nc1. The number of hydrogen-bond donors (Lipinski definition) is 0. The highest BCUT2D eigenvalue weighted by atomic mass is 16.5. The Morgan fingerprint density at radius 3 is 2.68 bits per heavy atom. The van der Waals surface area contributed by atoms with Gasteiger partial charge in [0.15, 0.2) is 0 Å². The van der Waals surface area contributed by atoms with E-state index in [4.69, 9.17) is 0 Å². The van der Waals surface area contributed by atoms with Crippen LogP contribution in [-0.4, -0.2) is 35.5 Å². The number of carbonyl (C=O) groups excluding carboxylic acids is 1. The second-order valence-electron chi connectivity index (χ2n) is 5.58. The van der Waals surface area contributed by atoms with E-state index in [1.54, 1.807) is 12.3 Å².